The number of pyridine rings is 1. The van der Waals surface area contributed by atoms with Crippen molar-refractivity contribution >= 4 is 17.2 Å². The van der Waals surface area contributed by atoms with Gasteiger partial charge < -0.3 is 10.1 Å². The second kappa shape index (κ2) is 9.36. The Balaban J connectivity index is 1.41. The average Bonchev–Trinajstić information content (AvgIpc) is 3.17. The van der Waals surface area contributed by atoms with Gasteiger partial charge in [-0.1, -0.05) is 0 Å². The number of ether oxygens (including phenoxy) is 1. The maximum absolute atomic E-state index is 13.2. The Morgan fingerprint density at radius 1 is 1.21 bits per heavy atom. The van der Waals surface area contributed by atoms with Crippen LogP contribution in [-0.4, -0.2) is 28.5 Å². The van der Waals surface area contributed by atoms with Crippen molar-refractivity contribution in [1.82, 2.24) is 15.3 Å². The maximum atomic E-state index is 13.2. The Morgan fingerprint density at radius 2 is 2.00 bits per heavy atom. The van der Waals surface area contributed by atoms with Crippen molar-refractivity contribution in [2.45, 2.75) is 25.9 Å². The van der Waals surface area contributed by atoms with Gasteiger partial charge >= 0.3 is 0 Å². The molecule has 0 radical (unpaired) electrons. The summed E-state index contributed by atoms with van der Waals surface area (Å²) in [5.74, 6) is -2.19. The topological polar surface area (TPSA) is 64.1 Å². The van der Waals surface area contributed by atoms with Crippen molar-refractivity contribution in [3.05, 3.63) is 64.7 Å². The first kappa shape index (κ1) is 19.9. The highest BCUT2D eigenvalue weighted by atomic mass is 32.1. The molecule has 5 nitrogen and oxygen atoms in total. The van der Waals surface area contributed by atoms with Crippen LogP contribution in [0.1, 0.15) is 18.4 Å². The molecule has 2 aromatic heterocycles. The fraction of sp³-hybridized carbons (Fsp3) is 0.250. The van der Waals surface area contributed by atoms with E-state index in [4.69, 9.17) is 4.74 Å². The van der Waals surface area contributed by atoms with Crippen molar-refractivity contribution in [2.24, 2.45) is 0 Å². The molecular weight excluding hydrogens is 384 g/mol. The number of nitrogens with zero attached hydrogens (tertiary/aromatic N) is 2. The van der Waals surface area contributed by atoms with Crippen molar-refractivity contribution in [3.8, 4) is 17.0 Å². The number of carbonyl (C=O) groups excluding carboxylic acids is 1. The van der Waals surface area contributed by atoms with Crippen molar-refractivity contribution in [2.75, 3.05) is 6.54 Å². The highest BCUT2D eigenvalue weighted by Crippen LogP contribution is 2.21. The summed E-state index contributed by atoms with van der Waals surface area (Å²) in [6.07, 6.45) is 4.12. The third-order valence-electron chi connectivity index (χ3n) is 3.97. The van der Waals surface area contributed by atoms with Gasteiger partial charge in [0.15, 0.2) is 17.7 Å². The summed E-state index contributed by atoms with van der Waals surface area (Å²) in [6.45, 7) is 2.02. The smallest absolute Gasteiger partial charge is 0.260 e. The van der Waals surface area contributed by atoms with Crippen LogP contribution in [0, 0.1) is 11.6 Å². The van der Waals surface area contributed by atoms with Crippen molar-refractivity contribution in [3.63, 3.8) is 0 Å². The molecule has 8 heteroatoms. The van der Waals surface area contributed by atoms with E-state index in [1.807, 2.05) is 17.5 Å². The zero-order valence-electron chi connectivity index (χ0n) is 15.2. The third kappa shape index (κ3) is 5.32. The summed E-state index contributed by atoms with van der Waals surface area (Å²) in [7, 11) is 0. The standard InChI is InChI=1S/C20H19F2N3O2S/c1-13(27-15-4-5-16(21)17(22)11-15)20(26)24-8-2-3-19-25-18(12-28-19)14-6-9-23-10-7-14/h4-7,9-13H,2-3,8H2,1H3,(H,24,26). The predicted octanol–water partition coefficient (Wildman–Crippen LogP) is 4.00. The molecule has 2 heterocycles. The summed E-state index contributed by atoms with van der Waals surface area (Å²) in [4.78, 5) is 20.7. The monoisotopic (exact) mass is 403 g/mol. The molecule has 1 amide bonds. The van der Waals surface area contributed by atoms with Crippen LogP contribution in [0.15, 0.2) is 48.1 Å². The van der Waals surface area contributed by atoms with E-state index < -0.39 is 17.7 Å². The Kier molecular flexibility index (Phi) is 6.65. The number of rotatable bonds is 8. The van der Waals surface area contributed by atoms with Crippen LogP contribution in [0.3, 0.4) is 0 Å². The van der Waals surface area contributed by atoms with E-state index >= 15 is 0 Å². The lowest BCUT2D eigenvalue weighted by Crippen LogP contribution is -2.37. The molecule has 146 valence electrons. The number of carbonyl (C=O) groups is 1. The number of aromatic nitrogens is 2. The first-order chi connectivity index (χ1) is 13.5. The summed E-state index contributed by atoms with van der Waals surface area (Å²) < 4.78 is 31.5. The van der Waals surface area contributed by atoms with Gasteiger partial charge in [-0.2, -0.15) is 0 Å². The number of nitrogens with one attached hydrogen (secondary N) is 1. The number of thiazole rings is 1. The first-order valence-corrected chi connectivity index (χ1v) is 9.65. The minimum Gasteiger partial charge on any atom is -0.481 e. The van der Waals surface area contributed by atoms with Gasteiger partial charge in [0.05, 0.1) is 10.7 Å². The summed E-state index contributed by atoms with van der Waals surface area (Å²) in [5, 5.41) is 5.77. The van der Waals surface area contributed by atoms with Crippen molar-refractivity contribution in [1.29, 1.82) is 0 Å². The quantitative estimate of drug-likeness (QED) is 0.578. The molecule has 3 aromatic rings. The van der Waals surface area contributed by atoms with Gasteiger partial charge in [0.1, 0.15) is 5.75 Å². The molecule has 0 aliphatic heterocycles. The molecule has 0 fully saturated rings. The van der Waals surface area contributed by atoms with Gasteiger partial charge in [-0.25, -0.2) is 13.8 Å². The molecular formula is C20H19F2N3O2S. The van der Waals surface area contributed by atoms with E-state index in [9.17, 15) is 13.6 Å². The lowest BCUT2D eigenvalue weighted by Gasteiger charge is -2.14. The zero-order valence-corrected chi connectivity index (χ0v) is 16.0. The van der Waals surface area contributed by atoms with Crippen molar-refractivity contribution < 1.29 is 18.3 Å². The average molecular weight is 403 g/mol. The van der Waals surface area contributed by atoms with Crippen LogP contribution in [0.4, 0.5) is 8.78 Å². The second-order valence-corrected chi connectivity index (χ2v) is 7.04. The molecule has 0 saturated heterocycles. The predicted molar refractivity (Wildman–Crippen MR) is 103 cm³/mol. The normalized spacial score (nSPS) is 11.8. The fourth-order valence-corrected chi connectivity index (χ4v) is 3.33. The minimum atomic E-state index is -1.01. The molecule has 1 atom stereocenters. The third-order valence-corrected chi connectivity index (χ3v) is 4.88. The summed E-state index contributed by atoms with van der Waals surface area (Å²) in [5.41, 5.74) is 1.94. The Bertz CT molecular complexity index is 934. The van der Waals surface area contributed by atoms with Crippen LogP contribution in [0.25, 0.3) is 11.3 Å². The summed E-state index contributed by atoms with van der Waals surface area (Å²) >= 11 is 1.58. The second-order valence-electron chi connectivity index (χ2n) is 6.09. The fourth-order valence-electron chi connectivity index (χ4n) is 2.48. The molecule has 28 heavy (non-hydrogen) atoms. The van der Waals surface area contributed by atoms with Crippen LogP contribution in [0.5, 0.6) is 5.75 Å². The van der Waals surface area contributed by atoms with E-state index in [2.05, 4.69) is 15.3 Å². The molecule has 1 unspecified atom stereocenters. The highest BCUT2D eigenvalue weighted by Gasteiger charge is 2.15. The Morgan fingerprint density at radius 3 is 2.75 bits per heavy atom. The van der Waals surface area contributed by atoms with E-state index in [0.29, 0.717) is 6.54 Å². The van der Waals surface area contributed by atoms with Crippen LogP contribution < -0.4 is 10.1 Å². The van der Waals surface area contributed by atoms with Gasteiger partial charge in [0.2, 0.25) is 0 Å². The van der Waals surface area contributed by atoms with E-state index in [1.54, 1.807) is 30.7 Å². The molecule has 0 spiro atoms. The number of benzene rings is 1. The van der Waals surface area contributed by atoms with Gasteiger partial charge in [-0.15, -0.1) is 11.3 Å². The molecule has 0 aliphatic rings. The lowest BCUT2D eigenvalue weighted by molar-refractivity contribution is -0.127. The molecule has 0 bridgehead atoms. The molecule has 3 rings (SSSR count). The Hall–Kier alpha value is -2.87. The number of aryl methyl sites for hydroxylation is 1. The van der Waals surface area contributed by atoms with Crippen LogP contribution in [-0.2, 0) is 11.2 Å². The van der Waals surface area contributed by atoms with Gasteiger partial charge in [0, 0.05) is 42.4 Å². The largest absolute Gasteiger partial charge is 0.481 e. The van der Waals surface area contributed by atoms with Gasteiger partial charge in [-0.05, 0) is 37.6 Å². The zero-order chi connectivity index (χ0) is 19.9. The Labute approximate surface area is 165 Å². The first-order valence-electron chi connectivity index (χ1n) is 8.77. The number of halogens is 2. The van der Waals surface area contributed by atoms with E-state index in [0.717, 1.165) is 41.2 Å². The molecule has 1 aromatic carbocycles. The molecule has 0 aliphatic carbocycles. The van der Waals surface area contributed by atoms with Crippen LogP contribution >= 0.6 is 11.3 Å². The van der Waals surface area contributed by atoms with Crippen LogP contribution in [0.2, 0.25) is 0 Å². The van der Waals surface area contributed by atoms with Gasteiger partial charge in [0.25, 0.3) is 5.91 Å². The summed E-state index contributed by atoms with van der Waals surface area (Å²) in [6, 6.07) is 6.98. The highest BCUT2D eigenvalue weighted by molar-refractivity contribution is 7.09. The maximum Gasteiger partial charge on any atom is 0.260 e. The number of hydrogen-bond acceptors (Lipinski definition) is 5. The lowest BCUT2D eigenvalue weighted by atomic mass is 10.2. The minimum absolute atomic E-state index is 0.105. The van der Waals surface area contributed by atoms with E-state index in [1.165, 1.54) is 6.07 Å². The number of hydrogen-bond donors (Lipinski definition) is 1. The number of amides is 1. The molecule has 1 N–H and O–H groups in total. The SMILES string of the molecule is CC(Oc1ccc(F)c(F)c1)C(=O)NCCCc1nc(-c2ccncc2)cs1. The molecule has 0 saturated carbocycles. The van der Waals surface area contributed by atoms with E-state index in [-0.39, 0.29) is 11.7 Å². The van der Waals surface area contributed by atoms with Gasteiger partial charge in [-0.3, -0.25) is 9.78 Å².